The number of hydrogen-bond donors (Lipinski definition) is 2. The number of aliphatic carboxylic acids is 1. The summed E-state index contributed by atoms with van der Waals surface area (Å²) in [5.41, 5.74) is 1.62. The summed E-state index contributed by atoms with van der Waals surface area (Å²) in [5, 5.41) is 11.4. The fraction of sp³-hybridized carbons (Fsp3) is 0.429. The fourth-order valence-corrected chi connectivity index (χ4v) is 2.07. The number of benzene rings is 1. The predicted molar refractivity (Wildman–Crippen MR) is 77.2 cm³/mol. The number of rotatable bonds is 6. The van der Waals surface area contributed by atoms with Gasteiger partial charge in [0.2, 0.25) is 0 Å². The third-order valence-electron chi connectivity index (χ3n) is 2.83. The van der Waals surface area contributed by atoms with Gasteiger partial charge in [0, 0.05) is 17.4 Å². The first kappa shape index (κ1) is 15.7. The van der Waals surface area contributed by atoms with Gasteiger partial charge >= 0.3 is 5.97 Å². The number of halogens is 1. The first-order valence-electron chi connectivity index (χ1n) is 6.16. The lowest BCUT2D eigenvalue weighted by Crippen LogP contribution is -2.28. The van der Waals surface area contributed by atoms with E-state index in [4.69, 9.17) is 5.11 Å². The average molecular weight is 328 g/mol. The van der Waals surface area contributed by atoms with Gasteiger partial charge in [-0.15, -0.1) is 0 Å². The summed E-state index contributed by atoms with van der Waals surface area (Å²) in [6.07, 6.45) is 0.690. The van der Waals surface area contributed by atoms with Crippen molar-refractivity contribution in [3.05, 3.63) is 33.8 Å². The average Bonchev–Trinajstić information content (AvgIpc) is 2.36. The largest absolute Gasteiger partial charge is 0.481 e. The molecule has 0 saturated carbocycles. The van der Waals surface area contributed by atoms with Gasteiger partial charge in [-0.05, 0) is 47.3 Å². The standard InChI is InChI=1S/C14H18BrNO3/c1-9-3-5-12(15)11(7-9)14(19)16-8-10(2)4-6-13(17)18/h3,5,7,10H,4,6,8H2,1-2H3,(H,16,19)(H,17,18). The third-order valence-corrected chi connectivity index (χ3v) is 3.52. The van der Waals surface area contributed by atoms with Gasteiger partial charge in [0.05, 0.1) is 5.56 Å². The molecule has 0 aliphatic carbocycles. The number of amides is 1. The molecule has 1 atom stereocenters. The Hall–Kier alpha value is -1.36. The van der Waals surface area contributed by atoms with E-state index in [0.717, 1.165) is 10.0 Å². The molecule has 0 spiro atoms. The van der Waals surface area contributed by atoms with Crippen LogP contribution in [-0.4, -0.2) is 23.5 Å². The Morgan fingerprint density at radius 1 is 1.42 bits per heavy atom. The SMILES string of the molecule is Cc1ccc(Br)c(C(=O)NCC(C)CCC(=O)O)c1. The van der Waals surface area contributed by atoms with E-state index in [1.54, 1.807) is 0 Å². The van der Waals surface area contributed by atoms with Crippen LogP contribution in [0.4, 0.5) is 0 Å². The maximum atomic E-state index is 12.0. The molecule has 0 aliphatic rings. The van der Waals surface area contributed by atoms with Crippen molar-refractivity contribution in [3.8, 4) is 0 Å². The van der Waals surface area contributed by atoms with Gasteiger partial charge < -0.3 is 10.4 Å². The molecule has 19 heavy (non-hydrogen) atoms. The van der Waals surface area contributed by atoms with E-state index >= 15 is 0 Å². The number of carboxylic acids is 1. The molecule has 1 aromatic rings. The van der Waals surface area contributed by atoms with Crippen molar-refractivity contribution < 1.29 is 14.7 Å². The van der Waals surface area contributed by atoms with Crippen LogP contribution in [0.2, 0.25) is 0 Å². The summed E-state index contributed by atoms with van der Waals surface area (Å²) >= 11 is 3.35. The molecular weight excluding hydrogens is 310 g/mol. The Bertz CT molecular complexity index is 474. The zero-order valence-electron chi connectivity index (χ0n) is 11.1. The van der Waals surface area contributed by atoms with Gasteiger partial charge in [0.25, 0.3) is 5.91 Å². The number of carboxylic acid groups (broad SMARTS) is 1. The maximum Gasteiger partial charge on any atom is 0.303 e. The second kappa shape index (κ2) is 7.28. The van der Waals surface area contributed by atoms with Crippen molar-refractivity contribution in [2.45, 2.75) is 26.7 Å². The topological polar surface area (TPSA) is 66.4 Å². The van der Waals surface area contributed by atoms with Crippen molar-refractivity contribution >= 4 is 27.8 Å². The lowest BCUT2D eigenvalue weighted by atomic mass is 10.1. The smallest absolute Gasteiger partial charge is 0.303 e. The Kier molecular flexibility index (Phi) is 6.02. The molecule has 2 N–H and O–H groups in total. The Balaban J connectivity index is 2.51. The monoisotopic (exact) mass is 327 g/mol. The predicted octanol–water partition coefficient (Wildman–Crippen LogP) is 2.99. The van der Waals surface area contributed by atoms with Gasteiger partial charge in [-0.3, -0.25) is 9.59 Å². The van der Waals surface area contributed by atoms with Gasteiger partial charge in [0.1, 0.15) is 0 Å². The molecule has 1 rings (SSSR count). The highest BCUT2D eigenvalue weighted by Gasteiger charge is 2.12. The summed E-state index contributed by atoms with van der Waals surface area (Å²) < 4.78 is 0.758. The van der Waals surface area contributed by atoms with E-state index in [1.807, 2.05) is 32.0 Å². The Morgan fingerprint density at radius 3 is 2.74 bits per heavy atom. The van der Waals surface area contributed by atoms with Gasteiger partial charge in [0.15, 0.2) is 0 Å². The van der Waals surface area contributed by atoms with Crippen LogP contribution in [0.3, 0.4) is 0 Å². The number of aryl methyl sites for hydroxylation is 1. The number of carbonyl (C=O) groups is 2. The molecule has 0 aliphatic heterocycles. The summed E-state index contributed by atoms with van der Waals surface area (Å²) in [6, 6.07) is 5.59. The van der Waals surface area contributed by atoms with Crippen LogP contribution >= 0.6 is 15.9 Å². The van der Waals surface area contributed by atoms with Crippen LogP contribution in [0.25, 0.3) is 0 Å². The van der Waals surface area contributed by atoms with Crippen LogP contribution in [0, 0.1) is 12.8 Å². The second-order valence-electron chi connectivity index (χ2n) is 4.73. The van der Waals surface area contributed by atoms with E-state index in [2.05, 4.69) is 21.2 Å². The molecule has 0 saturated heterocycles. The molecular formula is C14H18BrNO3. The van der Waals surface area contributed by atoms with Crippen molar-refractivity contribution in [2.24, 2.45) is 5.92 Å². The first-order valence-corrected chi connectivity index (χ1v) is 6.95. The van der Waals surface area contributed by atoms with E-state index in [9.17, 15) is 9.59 Å². The fourth-order valence-electron chi connectivity index (χ4n) is 1.65. The molecule has 1 aromatic carbocycles. The molecule has 104 valence electrons. The molecule has 0 aromatic heterocycles. The van der Waals surface area contributed by atoms with Gasteiger partial charge in [-0.25, -0.2) is 0 Å². The highest BCUT2D eigenvalue weighted by Crippen LogP contribution is 2.18. The number of hydrogen-bond acceptors (Lipinski definition) is 2. The lowest BCUT2D eigenvalue weighted by molar-refractivity contribution is -0.137. The van der Waals surface area contributed by atoms with E-state index < -0.39 is 5.97 Å². The van der Waals surface area contributed by atoms with Crippen molar-refractivity contribution in [1.82, 2.24) is 5.32 Å². The zero-order valence-corrected chi connectivity index (χ0v) is 12.7. The molecule has 5 heteroatoms. The van der Waals surface area contributed by atoms with Crippen LogP contribution < -0.4 is 5.32 Å². The normalized spacial score (nSPS) is 11.9. The van der Waals surface area contributed by atoms with Crippen molar-refractivity contribution in [3.63, 3.8) is 0 Å². The minimum Gasteiger partial charge on any atom is -0.481 e. The third kappa shape index (κ3) is 5.42. The lowest BCUT2D eigenvalue weighted by Gasteiger charge is -2.12. The van der Waals surface area contributed by atoms with Gasteiger partial charge in [-0.1, -0.05) is 18.6 Å². The summed E-state index contributed by atoms with van der Waals surface area (Å²) in [5.74, 6) is -0.805. The summed E-state index contributed by atoms with van der Waals surface area (Å²) in [6.45, 7) is 4.33. The van der Waals surface area contributed by atoms with E-state index in [-0.39, 0.29) is 18.2 Å². The Morgan fingerprint density at radius 2 is 2.11 bits per heavy atom. The number of nitrogens with one attached hydrogen (secondary N) is 1. The molecule has 0 heterocycles. The van der Waals surface area contributed by atoms with Crippen LogP contribution in [0.5, 0.6) is 0 Å². The van der Waals surface area contributed by atoms with Crippen LogP contribution in [0.1, 0.15) is 35.7 Å². The van der Waals surface area contributed by atoms with Crippen LogP contribution in [0.15, 0.2) is 22.7 Å². The van der Waals surface area contributed by atoms with Crippen LogP contribution in [-0.2, 0) is 4.79 Å². The van der Waals surface area contributed by atoms with E-state index in [1.165, 1.54) is 0 Å². The molecule has 1 unspecified atom stereocenters. The van der Waals surface area contributed by atoms with E-state index in [0.29, 0.717) is 18.5 Å². The zero-order chi connectivity index (χ0) is 14.4. The highest BCUT2D eigenvalue weighted by atomic mass is 79.9. The Labute approximate surface area is 121 Å². The van der Waals surface area contributed by atoms with Crippen molar-refractivity contribution in [2.75, 3.05) is 6.54 Å². The minimum absolute atomic E-state index is 0.130. The molecule has 0 bridgehead atoms. The second-order valence-corrected chi connectivity index (χ2v) is 5.59. The maximum absolute atomic E-state index is 12.0. The number of carbonyl (C=O) groups excluding carboxylic acids is 1. The van der Waals surface area contributed by atoms with Crippen molar-refractivity contribution in [1.29, 1.82) is 0 Å². The summed E-state index contributed by atoms with van der Waals surface area (Å²) in [4.78, 5) is 22.5. The highest BCUT2D eigenvalue weighted by molar-refractivity contribution is 9.10. The first-order chi connectivity index (χ1) is 8.90. The molecule has 4 nitrogen and oxygen atoms in total. The van der Waals surface area contributed by atoms with Gasteiger partial charge in [-0.2, -0.15) is 0 Å². The summed E-state index contributed by atoms with van der Waals surface area (Å²) in [7, 11) is 0. The quantitative estimate of drug-likeness (QED) is 0.844. The molecule has 0 radical (unpaired) electrons. The minimum atomic E-state index is -0.806. The molecule has 1 amide bonds. The molecule has 0 fully saturated rings.